The van der Waals surface area contributed by atoms with E-state index in [0.717, 1.165) is 12.0 Å². The monoisotopic (exact) mass is 375 g/mol. The first-order valence-electron chi connectivity index (χ1n) is 8.95. The number of aryl methyl sites for hydroxylation is 2. The first-order valence-corrected chi connectivity index (χ1v) is 9.33. The topological polar surface area (TPSA) is 47.6 Å². The Hall–Kier alpha value is -2.20. The highest BCUT2D eigenvalue weighted by molar-refractivity contribution is 6.31. The lowest BCUT2D eigenvalue weighted by Crippen LogP contribution is -2.39. The molecule has 0 aromatic heterocycles. The molecule has 0 unspecified atom stereocenters. The van der Waals surface area contributed by atoms with Crippen LogP contribution in [0.1, 0.15) is 31.4 Å². The third-order valence-electron chi connectivity index (χ3n) is 4.09. The molecule has 0 bridgehead atoms. The zero-order valence-corrected chi connectivity index (χ0v) is 16.3. The minimum absolute atomic E-state index is 0.141. The zero-order valence-electron chi connectivity index (χ0n) is 15.5. The van der Waals surface area contributed by atoms with E-state index in [0.29, 0.717) is 36.1 Å². The van der Waals surface area contributed by atoms with Crippen molar-refractivity contribution in [2.24, 2.45) is 0 Å². The number of hydrogen-bond acceptors (Lipinski definition) is 3. The van der Waals surface area contributed by atoms with Crippen molar-refractivity contribution in [2.75, 3.05) is 13.2 Å². The van der Waals surface area contributed by atoms with Gasteiger partial charge in [0.1, 0.15) is 18.1 Å². The summed E-state index contributed by atoms with van der Waals surface area (Å²) in [4.78, 5) is 12.3. The van der Waals surface area contributed by atoms with Crippen molar-refractivity contribution in [3.8, 4) is 11.5 Å². The Morgan fingerprint density at radius 2 is 1.81 bits per heavy atom. The molecule has 0 fully saturated rings. The van der Waals surface area contributed by atoms with E-state index in [1.54, 1.807) is 6.07 Å². The summed E-state index contributed by atoms with van der Waals surface area (Å²) in [5.41, 5.74) is 2.24. The van der Waals surface area contributed by atoms with Crippen LogP contribution in [0.15, 0.2) is 42.5 Å². The fourth-order valence-corrected chi connectivity index (χ4v) is 2.58. The van der Waals surface area contributed by atoms with Gasteiger partial charge < -0.3 is 14.8 Å². The molecule has 0 aliphatic rings. The predicted molar refractivity (Wildman–Crippen MR) is 105 cm³/mol. The van der Waals surface area contributed by atoms with Crippen molar-refractivity contribution in [1.82, 2.24) is 5.32 Å². The molecule has 0 saturated carbocycles. The molecule has 0 saturated heterocycles. The quantitative estimate of drug-likeness (QED) is 0.653. The van der Waals surface area contributed by atoms with Crippen LogP contribution in [0, 0.1) is 6.92 Å². The van der Waals surface area contributed by atoms with Gasteiger partial charge in [-0.15, -0.1) is 0 Å². The number of rotatable bonds is 9. The molecule has 0 radical (unpaired) electrons. The highest BCUT2D eigenvalue weighted by atomic mass is 35.5. The second kappa shape index (κ2) is 10.1. The average molecular weight is 376 g/mol. The smallest absolute Gasteiger partial charge is 0.261 e. The summed E-state index contributed by atoms with van der Waals surface area (Å²) in [5, 5.41) is 3.52. The molecule has 0 heterocycles. The van der Waals surface area contributed by atoms with Crippen LogP contribution >= 0.6 is 11.6 Å². The van der Waals surface area contributed by atoms with Gasteiger partial charge >= 0.3 is 0 Å². The Kier molecular flexibility index (Phi) is 7.79. The maximum absolute atomic E-state index is 12.3. The van der Waals surface area contributed by atoms with Crippen molar-refractivity contribution in [2.45, 2.75) is 39.7 Å². The summed E-state index contributed by atoms with van der Waals surface area (Å²) in [6, 6.07) is 13.4. The SMILES string of the molecule is CCc1ccc(O[C@@H](CC)C(=O)NCCOc2ccc(C)c(Cl)c2)cc1. The van der Waals surface area contributed by atoms with E-state index in [1.807, 2.05) is 50.2 Å². The van der Waals surface area contributed by atoms with Gasteiger partial charge in [0.05, 0.1) is 6.54 Å². The summed E-state index contributed by atoms with van der Waals surface area (Å²) < 4.78 is 11.4. The van der Waals surface area contributed by atoms with E-state index in [-0.39, 0.29) is 5.91 Å². The minimum Gasteiger partial charge on any atom is -0.492 e. The van der Waals surface area contributed by atoms with Crippen molar-refractivity contribution in [1.29, 1.82) is 0 Å². The lowest BCUT2D eigenvalue weighted by molar-refractivity contribution is -0.128. The molecule has 1 amide bonds. The van der Waals surface area contributed by atoms with Crippen molar-refractivity contribution in [3.63, 3.8) is 0 Å². The van der Waals surface area contributed by atoms with Gasteiger partial charge in [-0.1, -0.05) is 43.6 Å². The molecule has 2 aromatic carbocycles. The van der Waals surface area contributed by atoms with Gasteiger partial charge in [0.15, 0.2) is 6.10 Å². The highest BCUT2D eigenvalue weighted by Crippen LogP contribution is 2.21. The van der Waals surface area contributed by atoms with Gasteiger partial charge in [-0.3, -0.25) is 4.79 Å². The molecule has 2 aromatic rings. The summed E-state index contributed by atoms with van der Waals surface area (Å²) in [7, 11) is 0. The number of halogens is 1. The third-order valence-corrected chi connectivity index (χ3v) is 4.49. The molecule has 5 heteroatoms. The molecule has 0 aliphatic heterocycles. The average Bonchev–Trinajstić information content (AvgIpc) is 2.66. The molecule has 2 rings (SSSR count). The molecular weight excluding hydrogens is 350 g/mol. The first kappa shape index (κ1) is 20.1. The fourth-order valence-electron chi connectivity index (χ4n) is 2.41. The van der Waals surface area contributed by atoms with Gasteiger partial charge in [0, 0.05) is 5.02 Å². The van der Waals surface area contributed by atoms with E-state index in [4.69, 9.17) is 21.1 Å². The van der Waals surface area contributed by atoms with Gasteiger partial charge in [0.2, 0.25) is 0 Å². The second-order valence-electron chi connectivity index (χ2n) is 6.06. The largest absolute Gasteiger partial charge is 0.492 e. The number of hydrogen-bond donors (Lipinski definition) is 1. The van der Waals surface area contributed by atoms with Crippen LogP contribution in [0.25, 0.3) is 0 Å². The molecule has 0 spiro atoms. The second-order valence-corrected chi connectivity index (χ2v) is 6.47. The number of ether oxygens (including phenoxy) is 2. The molecule has 26 heavy (non-hydrogen) atoms. The van der Waals surface area contributed by atoms with Crippen LogP contribution < -0.4 is 14.8 Å². The number of carbonyl (C=O) groups excluding carboxylic acids is 1. The van der Waals surface area contributed by atoms with Gasteiger partial charge in [-0.25, -0.2) is 0 Å². The van der Waals surface area contributed by atoms with Crippen LogP contribution in [0.2, 0.25) is 5.02 Å². The Labute approximate surface area is 160 Å². The van der Waals surface area contributed by atoms with Crippen molar-refractivity contribution < 1.29 is 14.3 Å². The Morgan fingerprint density at radius 1 is 1.12 bits per heavy atom. The number of benzene rings is 2. The summed E-state index contributed by atoms with van der Waals surface area (Å²) >= 11 is 6.07. The summed E-state index contributed by atoms with van der Waals surface area (Å²) in [6.45, 7) is 6.74. The zero-order chi connectivity index (χ0) is 18.9. The first-order chi connectivity index (χ1) is 12.5. The standard InChI is InChI=1S/C21H26ClNO3/c1-4-16-7-10-17(11-8-16)26-20(5-2)21(24)23-12-13-25-18-9-6-15(3)19(22)14-18/h6-11,14,20H,4-5,12-13H2,1-3H3,(H,23,24)/t20-/m0/s1. The van der Waals surface area contributed by atoms with Crippen molar-refractivity contribution >= 4 is 17.5 Å². The number of amides is 1. The summed E-state index contributed by atoms with van der Waals surface area (Å²) in [6.07, 6.45) is 1.05. The molecule has 140 valence electrons. The maximum Gasteiger partial charge on any atom is 0.261 e. The fraction of sp³-hybridized carbons (Fsp3) is 0.381. The number of nitrogens with one attached hydrogen (secondary N) is 1. The van der Waals surface area contributed by atoms with Crippen LogP contribution in [-0.4, -0.2) is 25.2 Å². The molecular formula is C21H26ClNO3. The van der Waals surface area contributed by atoms with Crippen molar-refractivity contribution in [3.05, 3.63) is 58.6 Å². The van der Waals surface area contributed by atoms with Crippen LogP contribution in [0.4, 0.5) is 0 Å². The minimum atomic E-state index is -0.517. The highest BCUT2D eigenvalue weighted by Gasteiger charge is 2.17. The van der Waals surface area contributed by atoms with E-state index in [9.17, 15) is 4.79 Å². The molecule has 4 nitrogen and oxygen atoms in total. The lowest BCUT2D eigenvalue weighted by atomic mass is 10.2. The van der Waals surface area contributed by atoms with E-state index in [1.165, 1.54) is 5.56 Å². The van der Waals surface area contributed by atoms with Gasteiger partial charge in [-0.2, -0.15) is 0 Å². The van der Waals surface area contributed by atoms with E-state index >= 15 is 0 Å². The van der Waals surface area contributed by atoms with Crippen LogP contribution in [-0.2, 0) is 11.2 Å². The Balaban J connectivity index is 1.78. The van der Waals surface area contributed by atoms with Crippen LogP contribution in [0.3, 0.4) is 0 Å². The predicted octanol–water partition coefficient (Wildman–Crippen LogP) is 4.56. The van der Waals surface area contributed by atoms with E-state index < -0.39 is 6.10 Å². The molecule has 1 N–H and O–H groups in total. The normalized spacial score (nSPS) is 11.7. The van der Waals surface area contributed by atoms with Gasteiger partial charge in [0.25, 0.3) is 5.91 Å². The third kappa shape index (κ3) is 5.95. The summed E-state index contributed by atoms with van der Waals surface area (Å²) in [5.74, 6) is 1.25. The maximum atomic E-state index is 12.3. The Bertz CT molecular complexity index is 716. The van der Waals surface area contributed by atoms with E-state index in [2.05, 4.69) is 12.2 Å². The molecule has 1 atom stereocenters. The Morgan fingerprint density at radius 3 is 2.42 bits per heavy atom. The molecule has 0 aliphatic carbocycles. The van der Waals surface area contributed by atoms with Crippen LogP contribution in [0.5, 0.6) is 11.5 Å². The lowest BCUT2D eigenvalue weighted by Gasteiger charge is -2.17. The van der Waals surface area contributed by atoms with Gasteiger partial charge in [-0.05, 0) is 55.2 Å². The number of carbonyl (C=O) groups is 1.